The quantitative estimate of drug-likeness (QED) is 0.577. The molecule has 0 unspecified atom stereocenters. The maximum absolute atomic E-state index is 5.52. The Bertz CT molecular complexity index is 136. The first-order valence-corrected chi connectivity index (χ1v) is 6.22. The zero-order valence-corrected chi connectivity index (χ0v) is 10.0. The number of rotatable bonds is 8. The van der Waals surface area contributed by atoms with Crippen molar-refractivity contribution < 1.29 is 9.47 Å². The summed E-state index contributed by atoms with van der Waals surface area (Å²) in [7, 11) is 1.73. The molecule has 0 aromatic carbocycles. The topological polar surface area (TPSA) is 21.7 Å². The van der Waals surface area contributed by atoms with Crippen LogP contribution in [0.15, 0.2) is 0 Å². The van der Waals surface area contributed by atoms with Gasteiger partial charge in [-0.05, 0) is 38.8 Å². The predicted octanol–water partition coefficient (Wildman–Crippen LogP) is 1.92. The second kappa shape index (κ2) is 9.13. The number of piperidine rings is 1. The van der Waals surface area contributed by atoms with Gasteiger partial charge in [-0.2, -0.15) is 0 Å². The second-order valence-electron chi connectivity index (χ2n) is 4.21. The van der Waals surface area contributed by atoms with E-state index >= 15 is 0 Å². The molecule has 1 aliphatic rings. The van der Waals surface area contributed by atoms with Gasteiger partial charge in [0.2, 0.25) is 0 Å². The van der Waals surface area contributed by atoms with Gasteiger partial charge in [0.1, 0.15) is 0 Å². The SMILES string of the molecule is COCCCOCCCN1CCCCC1. The smallest absolute Gasteiger partial charge is 0.0487 e. The van der Waals surface area contributed by atoms with Crippen LogP contribution in [0.1, 0.15) is 32.1 Å². The molecule has 0 aromatic heterocycles. The summed E-state index contributed by atoms with van der Waals surface area (Å²) in [5, 5.41) is 0. The van der Waals surface area contributed by atoms with Crippen molar-refractivity contribution >= 4 is 0 Å². The first-order chi connectivity index (χ1) is 7.43. The monoisotopic (exact) mass is 215 g/mol. The van der Waals surface area contributed by atoms with Gasteiger partial charge in [0.25, 0.3) is 0 Å². The molecule has 15 heavy (non-hydrogen) atoms. The summed E-state index contributed by atoms with van der Waals surface area (Å²) in [6.07, 6.45) is 6.38. The van der Waals surface area contributed by atoms with Gasteiger partial charge in [-0.1, -0.05) is 6.42 Å². The van der Waals surface area contributed by atoms with Crippen LogP contribution in [0.5, 0.6) is 0 Å². The summed E-state index contributed by atoms with van der Waals surface area (Å²) < 4.78 is 10.5. The van der Waals surface area contributed by atoms with Gasteiger partial charge in [-0.25, -0.2) is 0 Å². The van der Waals surface area contributed by atoms with Gasteiger partial charge < -0.3 is 14.4 Å². The molecule has 1 aliphatic heterocycles. The molecule has 1 fully saturated rings. The van der Waals surface area contributed by atoms with Crippen LogP contribution in [0.25, 0.3) is 0 Å². The lowest BCUT2D eigenvalue weighted by Crippen LogP contribution is -2.31. The highest BCUT2D eigenvalue weighted by molar-refractivity contribution is 4.63. The summed E-state index contributed by atoms with van der Waals surface area (Å²) in [5.41, 5.74) is 0. The highest BCUT2D eigenvalue weighted by Gasteiger charge is 2.08. The fourth-order valence-corrected chi connectivity index (χ4v) is 1.98. The number of likely N-dealkylation sites (tertiary alicyclic amines) is 1. The Morgan fingerprint density at radius 1 is 0.933 bits per heavy atom. The standard InChI is InChI=1S/C12H25NO2/c1-14-10-6-12-15-11-5-9-13-7-3-2-4-8-13/h2-12H2,1H3. The van der Waals surface area contributed by atoms with E-state index in [2.05, 4.69) is 4.90 Å². The van der Waals surface area contributed by atoms with Gasteiger partial charge in [-0.15, -0.1) is 0 Å². The van der Waals surface area contributed by atoms with E-state index in [9.17, 15) is 0 Å². The van der Waals surface area contributed by atoms with E-state index in [0.29, 0.717) is 0 Å². The summed E-state index contributed by atoms with van der Waals surface area (Å²) in [6, 6.07) is 0. The average Bonchev–Trinajstić information content (AvgIpc) is 2.29. The summed E-state index contributed by atoms with van der Waals surface area (Å²) in [5.74, 6) is 0. The van der Waals surface area contributed by atoms with Crippen LogP contribution < -0.4 is 0 Å². The molecule has 0 saturated carbocycles. The predicted molar refractivity (Wildman–Crippen MR) is 62.2 cm³/mol. The molecule has 0 radical (unpaired) electrons. The molecular formula is C12H25NO2. The highest BCUT2D eigenvalue weighted by atomic mass is 16.5. The molecule has 0 bridgehead atoms. The minimum Gasteiger partial charge on any atom is -0.385 e. The fourth-order valence-electron chi connectivity index (χ4n) is 1.98. The third-order valence-corrected chi connectivity index (χ3v) is 2.85. The molecule has 3 nitrogen and oxygen atoms in total. The number of methoxy groups -OCH3 is 1. The van der Waals surface area contributed by atoms with Crippen molar-refractivity contribution in [1.82, 2.24) is 4.90 Å². The fraction of sp³-hybridized carbons (Fsp3) is 1.00. The first-order valence-electron chi connectivity index (χ1n) is 6.22. The largest absolute Gasteiger partial charge is 0.385 e. The molecule has 1 heterocycles. The van der Waals surface area contributed by atoms with E-state index in [1.807, 2.05) is 0 Å². The number of ether oxygens (including phenoxy) is 2. The van der Waals surface area contributed by atoms with Crippen molar-refractivity contribution in [3.8, 4) is 0 Å². The van der Waals surface area contributed by atoms with Crippen molar-refractivity contribution in [2.24, 2.45) is 0 Å². The maximum atomic E-state index is 5.52. The van der Waals surface area contributed by atoms with Crippen LogP contribution in [0.2, 0.25) is 0 Å². The summed E-state index contributed by atoms with van der Waals surface area (Å²) >= 11 is 0. The van der Waals surface area contributed by atoms with Crippen LogP contribution in [0.3, 0.4) is 0 Å². The van der Waals surface area contributed by atoms with Crippen LogP contribution >= 0.6 is 0 Å². The molecule has 0 aliphatic carbocycles. The van der Waals surface area contributed by atoms with Crippen LogP contribution in [0, 0.1) is 0 Å². The van der Waals surface area contributed by atoms with Gasteiger partial charge in [0, 0.05) is 33.5 Å². The average molecular weight is 215 g/mol. The third kappa shape index (κ3) is 6.88. The first kappa shape index (κ1) is 12.9. The Balaban J connectivity index is 1.79. The molecular weight excluding hydrogens is 190 g/mol. The minimum absolute atomic E-state index is 0.812. The van der Waals surface area contributed by atoms with E-state index in [-0.39, 0.29) is 0 Å². The Morgan fingerprint density at radius 3 is 2.40 bits per heavy atom. The third-order valence-electron chi connectivity index (χ3n) is 2.85. The molecule has 0 N–H and O–H groups in total. The van der Waals surface area contributed by atoms with E-state index in [4.69, 9.17) is 9.47 Å². The lowest BCUT2D eigenvalue weighted by atomic mass is 10.1. The number of hydrogen-bond donors (Lipinski definition) is 0. The zero-order valence-electron chi connectivity index (χ0n) is 10.0. The molecule has 0 atom stereocenters. The summed E-state index contributed by atoms with van der Waals surface area (Å²) in [4.78, 5) is 2.56. The molecule has 0 aromatic rings. The molecule has 90 valence electrons. The lowest BCUT2D eigenvalue weighted by molar-refractivity contribution is 0.0931. The Morgan fingerprint density at radius 2 is 1.67 bits per heavy atom. The van der Waals surface area contributed by atoms with Crippen molar-refractivity contribution in [3.05, 3.63) is 0 Å². The normalized spacial score (nSPS) is 18.2. The Hall–Kier alpha value is -0.120. The molecule has 0 spiro atoms. The highest BCUT2D eigenvalue weighted by Crippen LogP contribution is 2.08. The van der Waals surface area contributed by atoms with E-state index < -0.39 is 0 Å². The Kier molecular flexibility index (Phi) is 7.88. The summed E-state index contributed by atoms with van der Waals surface area (Å²) in [6.45, 7) is 6.36. The number of nitrogens with zero attached hydrogens (tertiary/aromatic N) is 1. The van der Waals surface area contributed by atoms with Gasteiger partial charge in [-0.3, -0.25) is 0 Å². The van der Waals surface area contributed by atoms with Crippen LogP contribution in [0.4, 0.5) is 0 Å². The van der Waals surface area contributed by atoms with Crippen molar-refractivity contribution in [3.63, 3.8) is 0 Å². The molecule has 0 amide bonds. The van der Waals surface area contributed by atoms with E-state index in [0.717, 1.165) is 26.2 Å². The minimum atomic E-state index is 0.812. The molecule has 1 rings (SSSR count). The van der Waals surface area contributed by atoms with E-state index in [1.165, 1.54) is 45.3 Å². The van der Waals surface area contributed by atoms with Crippen molar-refractivity contribution in [1.29, 1.82) is 0 Å². The van der Waals surface area contributed by atoms with Crippen LogP contribution in [-0.4, -0.2) is 51.5 Å². The number of hydrogen-bond acceptors (Lipinski definition) is 3. The lowest BCUT2D eigenvalue weighted by Gasteiger charge is -2.26. The second-order valence-corrected chi connectivity index (χ2v) is 4.21. The van der Waals surface area contributed by atoms with E-state index in [1.54, 1.807) is 7.11 Å². The Labute approximate surface area is 93.7 Å². The van der Waals surface area contributed by atoms with Gasteiger partial charge >= 0.3 is 0 Å². The van der Waals surface area contributed by atoms with Gasteiger partial charge in [0.05, 0.1) is 0 Å². The van der Waals surface area contributed by atoms with Crippen molar-refractivity contribution in [2.75, 3.05) is 46.6 Å². The van der Waals surface area contributed by atoms with Gasteiger partial charge in [0.15, 0.2) is 0 Å². The maximum Gasteiger partial charge on any atom is 0.0487 e. The van der Waals surface area contributed by atoms with Crippen LogP contribution in [-0.2, 0) is 9.47 Å². The molecule has 1 saturated heterocycles. The molecule has 3 heteroatoms. The van der Waals surface area contributed by atoms with Crippen molar-refractivity contribution in [2.45, 2.75) is 32.1 Å². The zero-order chi connectivity index (χ0) is 10.8.